The van der Waals surface area contributed by atoms with E-state index in [9.17, 15) is 14.5 Å². The molecule has 1 aromatic carbocycles. The van der Waals surface area contributed by atoms with Gasteiger partial charge in [0.2, 0.25) is 11.6 Å². The summed E-state index contributed by atoms with van der Waals surface area (Å²) in [5, 5.41) is 10.8. The topological polar surface area (TPSA) is 78.4 Å². The zero-order chi connectivity index (χ0) is 14.0. The van der Waals surface area contributed by atoms with E-state index in [1.165, 1.54) is 0 Å². The molecule has 0 saturated carbocycles. The number of nitro benzene ring substituents is 1. The molecule has 1 heterocycles. The first kappa shape index (κ1) is 13.0. The number of benzene rings is 1. The third-order valence-electron chi connectivity index (χ3n) is 2.54. The van der Waals surface area contributed by atoms with Gasteiger partial charge in [-0.05, 0) is 19.9 Å². The smallest absolute Gasteiger partial charge is 0.311 e. The van der Waals surface area contributed by atoms with Crippen LogP contribution < -0.4 is 4.74 Å². The summed E-state index contributed by atoms with van der Waals surface area (Å²) in [6.07, 6.45) is 0. The van der Waals surface area contributed by atoms with E-state index in [1.54, 1.807) is 13.8 Å². The van der Waals surface area contributed by atoms with Gasteiger partial charge in [-0.25, -0.2) is 9.37 Å². The van der Waals surface area contributed by atoms with E-state index in [-0.39, 0.29) is 23.9 Å². The Morgan fingerprint density at radius 2 is 2.21 bits per heavy atom. The van der Waals surface area contributed by atoms with Crippen molar-refractivity contribution in [1.82, 2.24) is 4.98 Å². The maximum absolute atomic E-state index is 13.1. The summed E-state index contributed by atoms with van der Waals surface area (Å²) in [7, 11) is 0. The van der Waals surface area contributed by atoms with E-state index in [2.05, 4.69) is 4.98 Å². The van der Waals surface area contributed by atoms with Gasteiger partial charge in [0, 0.05) is 12.1 Å². The molecule has 6 nitrogen and oxygen atoms in total. The minimum atomic E-state index is -0.638. The van der Waals surface area contributed by atoms with Crippen LogP contribution in [-0.4, -0.2) is 9.91 Å². The number of halogens is 1. The molecular formula is C12H11FN2O4. The summed E-state index contributed by atoms with van der Waals surface area (Å²) >= 11 is 0. The van der Waals surface area contributed by atoms with Gasteiger partial charge in [-0.1, -0.05) is 0 Å². The Labute approximate surface area is 108 Å². The molecule has 0 aliphatic rings. The molecule has 0 unspecified atom stereocenters. The average molecular weight is 266 g/mol. The molecule has 0 N–H and O–H groups in total. The second-order valence-electron chi connectivity index (χ2n) is 3.91. The molecule has 0 bridgehead atoms. The predicted molar refractivity (Wildman–Crippen MR) is 63.4 cm³/mol. The minimum Gasteiger partial charge on any atom is -0.477 e. The molecule has 0 saturated heterocycles. The van der Waals surface area contributed by atoms with Crippen molar-refractivity contribution in [3.8, 4) is 5.75 Å². The number of rotatable bonds is 4. The Hall–Kier alpha value is -2.44. The van der Waals surface area contributed by atoms with Crippen LogP contribution in [0.4, 0.5) is 10.1 Å². The Bertz CT molecular complexity index is 605. The molecule has 2 rings (SSSR count). The zero-order valence-corrected chi connectivity index (χ0v) is 10.3. The monoisotopic (exact) mass is 266 g/mol. The van der Waals surface area contributed by atoms with Gasteiger partial charge in [-0.3, -0.25) is 10.1 Å². The molecule has 0 atom stereocenters. The molecule has 0 aliphatic carbocycles. The molecule has 0 spiro atoms. The number of nitro groups is 1. The number of hydrogen-bond acceptors (Lipinski definition) is 5. The minimum absolute atomic E-state index is 0.0982. The van der Waals surface area contributed by atoms with Crippen molar-refractivity contribution in [3.63, 3.8) is 0 Å². The molecular weight excluding hydrogens is 255 g/mol. The van der Waals surface area contributed by atoms with E-state index in [0.717, 1.165) is 18.2 Å². The summed E-state index contributed by atoms with van der Waals surface area (Å²) in [5.41, 5.74) is 0.411. The van der Waals surface area contributed by atoms with Crippen molar-refractivity contribution in [2.45, 2.75) is 20.5 Å². The van der Waals surface area contributed by atoms with Crippen molar-refractivity contribution in [2.75, 3.05) is 0 Å². The van der Waals surface area contributed by atoms with Crippen LogP contribution in [0.5, 0.6) is 5.75 Å². The van der Waals surface area contributed by atoms with Crippen molar-refractivity contribution >= 4 is 5.69 Å². The van der Waals surface area contributed by atoms with Gasteiger partial charge in [0.25, 0.3) is 0 Å². The number of hydrogen-bond donors (Lipinski definition) is 0. The zero-order valence-electron chi connectivity index (χ0n) is 10.3. The maximum Gasteiger partial charge on any atom is 0.311 e. The van der Waals surface area contributed by atoms with Crippen molar-refractivity contribution in [2.24, 2.45) is 0 Å². The Kier molecular flexibility index (Phi) is 3.46. The van der Waals surface area contributed by atoms with Crippen LogP contribution in [0.1, 0.15) is 17.3 Å². The first-order valence-electron chi connectivity index (χ1n) is 5.47. The van der Waals surface area contributed by atoms with Crippen LogP contribution in [0.2, 0.25) is 0 Å². The molecule has 0 fully saturated rings. The van der Waals surface area contributed by atoms with E-state index in [4.69, 9.17) is 9.15 Å². The first-order chi connectivity index (χ1) is 8.97. The summed E-state index contributed by atoms with van der Waals surface area (Å²) in [4.78, 5) is 14.2. The fraction of sp³-hybridized carbons (Fsp3) is 0.250. The average Bonchev–Trinajstić information content (AvgIpc) is 2.66. The van der Waals surface area contributed by atoms with E-state index in [1.807, 2.05) is 0 Å². The van der Waals surface area contributed by atoms with Crippen LogP contribution in [0.3, 0.4) is 0 Å². The number of oxazole rings is 1. The van der Waals surface area contributed by atoms with Crippen LogP contribution >= 0.6 is 0 Å². The van der Waals surface area contributed by atoms with Gasteiger partial charge in [0.1, 0.15) is 11.6 Å². The normalized spacial score (nSPS) is 10.5. The molecule has 0 aliphatic heterocycles. The van der Waals surface area contributed by atoms with E-state index in [0.29, 0.717) is 11.5 Å². The van der Waals surface area contributed by atoms with Gasteiger partial charge in [0.05, 0.1) is 10.6 Å². The van der Waals surface area contributed by atoms with Gasteiger partial charge in [0.15, 0.2) is 6.61 Å². The fourth-order valence-corrected chi connectivity index (χ4v) is 1.49. The molecule has 100 valence electrons. The van der Waals surface area contributed by atoms with E-state index < -0.39 is 10.7 Å². The molecule has 0 amide bonds. The van der Waals surface area contributed by atoms with Gasteiger partial charge in [-0.15, -0.1) is 0 Å². The highest BCUT2D eigenvalue weighted by molar-refractivity contribution is 5.46. The van der Waals surface area contributed by atoms with Gasteiger partial charge < -0.3 is 9.15 Å². The van der Waals surface area contributed by atoms with Crippen LogP contribution in [0.25, 0.3) is 0 Å². The lowest BCUT2D eigenvalue weighted by atomic mass is 10.3. The SMILES string of the molecule is Cc1nc(COc2cc(F)ccc2[N+](=O)[O-])oc1C. The molecule has 2 aromatic rings. The number of ether oxygens (including phenoxy) is 1. The molecule has 19 heavy (non-hydrogen) atoms. The third-order valence-corrected chi connectivity index (χ3v) is 2.54. The van der Waals surface area contributed by atoms with Crippen molar-refractivity contribution in [1.29, 1.82) is 0 Å². The Morgan fingerprint density at radius 3 is 2.79 bits per heavy atom. The van der Waals surface area contributed by atoms with Gasteiger partial charge >= 0.3 is 5.69 Å². The summed E-state index contributed by atoms with van der Waals surface area (Å²) in [5.74, 6) is 0.166. The highest BCUT2D eigenvalue weighted by atomic mass is 19.1. The Balaban J connectivity index is 2.19. The highest BCUT2D eigenvalue weighted by Gasteiger charge is 2.17. The number of aromatic nitrogens is 1. The summed E-state index contributed by atoms with van der Waals surface area (Å²) in [6, 6.07) is 3.02. The standard InChI is InChI=1S/C12H11FN2O4/c1-7-8(2)19-12(14-7)6-18-11-5-9(13)3-4-10(11)15(16)17/h3-5H,6H2,1-2H3. The third kappa shape index (κ3) is 2.87. The number of aryl methyl sites for hydroxylation is 2. The number of nitrogens with zero attached hydrogens (tertiary/aromatic N) is 2. The highest BCUT2D eigenvalue weighted by Crippen LogP contribution is 2.28. The van der Waals surface area contributed by atoms with Crippen LogP contribution in [0, 0.1) is 29.8 Å². The summed E-state index contributed by atoms with van der Waals surface area (Å²) in [6.45, 7) is 3.42. The van der Waals surface area contributed by atoms with Crippen molar-refractivity contribution < 1.29 is 18.5 Å². The van der Waals surface area contributed by atoms with Crippen LogP contribution in [-0.2, 0) is 6.61 Å². The first-order valence-corrected chi connectivity index (χ1v) is 5.47. The van der Waals surface area contributed by atoms with Gasteiger partial charge in [-0.2, -0.15) is 0 Å². The molecule has 0 radical (unpaired) electrons. The van der Waals surface area contributed by atoms with Crippen molar-refractivity contribution in [3.05, 3.63) is 51.5 Å². The van der Waals surface area contributed by atoms with E-state index >= 15 is 0 Å². The lowest BCUT2D eigenvalue weighted by Gasteiger charge is -2.04. The molecule has 7 heteroatoms. The largest absolute Gasteiger partial charge is 0.477 e. The maximum atomic E-state index is 13.1. The predicted octanol–water partition coefficient (Wildman–Crippen LogP) is 2.92. The second kappa shape index (κ2) is 5.05. The second-order valence-corrected chi connectivity index (χ2v) is 3.91. The molecule has 1 aromatic heterocycles. The summed E-state index contributed by atoms with van der Waals surface area (Å²) < 4.78 is 23.5. The lowest BCUT2D eigenvalue weighted by Crippen LogP contribution is -2.00. The fourth-order valence-electron chi connectivity index (χ4n) is 1.49. The quantitative estimate of drug-likeness (QED) is 0.628. The Morgan fingerprint density at radius 1 is 1.47 bits per heavy atom. The lowest BCUT2D eigenvalue weighted by molar-refractivity contribution is -0.386. The van der Waals surface area contributed by atoms with Crippen LogP contribution in [0.15, 0.2) is 22.6 Å².